The lowest BCUT2D eigenvalue weighted by Crippen LogP contribution is -2.13. The van der Waals surface area contributed by atoms with Crippen LogP contribution in [0.4, 0.5) is 11.8 Å². The van der Waals surface area contributed by atoms with Gasteiger partial charge in [-0.05, 0) is 28.5 Å². The van der Waals surface area contributed by atoms with Gasteiger partial charge >= 0.3 is 0 Å². The van der Waals surface area contributed by atoms with Gasteiger partial charge in [-0.2, -0.15) is 16.3 Å². The van der Waals surface area contributed by atoms with Crippen LogP contribution in [0.25, 0.3) is 0 Å². The molecule has 16 heavy (non-hydrogen) atoms. The zero-order valence-electron chi connectivity index (χ0n) is 9.34. The lowest BCUT2D eigenvalue weighted by Gasteiger charge is -2.11. The van der Waals surface area contributed by atoms with E-state index in [4.69, 9.17) is 0 Å². The Morgan fingerprint density at radius 3 is 2.94 bits per heavy atom. The van der Waals surface area contributed by atoms with Gasteiger partial charge in [0.15, 0.2) is 0 Å². The van der Waals surface area contributed by atoms with E-state index in [-0.39, 0.29) is 0 Å². The van der Waals surface area contributed by atoms with Crippen LogP contribution in [-0.4, -0.2) is 24.1 Å². The summed E-state index contributed by atoms with van der Waals surface area (Å²) in [5.41, 5.74) is 1.27. The molecule has 0 fully saturated rings. The number of anilines is 2. The standard InChI is InChI=1S/C11H14N4S/c1-15(2)11-12-5-3-10(14-11)13-7-9-4-6-16-8-9/h3-6,8H,7H2,1-2H3,(H,12,13,14). The van der Waals surface area contributed by atoms with Gasteiger partial charge in [0.25, 0.3) is 0 Å². The minimum Gasteiger partial charge on any atom is -0.366 e. The summed E-state index contributed by atoms with van der Waals surface area (Å²) in [4.78, 5) is 10.4. The maximum atomic E-state index is 4.38. The van der Waals surface area contributed by atoms with E-state index in [2.05, 4.69) is 32.1 Å². The van der Waals surface area contributed by atoms with Crippen molar-refractivity contribution in [2.24, 2.45) is 0 Å². The fraction of sp³-hybridized carbons (Fsp3) is 0.273. The fourth-order valence-corrected chi connectivity index (χ4v) is 1.92. The van der Waals surface area contributed by atoms with Gasteiger partial charge in [-0.25, -0.2) is 4.98 Å². The predicted molar refractivity (Wildman–Crippen MR) is 68.0 cm³/mol. The Hall–Kier alpha value is -1.62. The Labute approximate surface area is 99.0 Å². The van der Waals surface area contributed by atoms with E-state index in [1.165, 1.54) is 5.56 Å². The monoisotopic (exact) mass is 234 g/mol. The van der Waals surface area contributed by atoms with E-state index in [1.807, 2.05) is 25.1 Å². The summed E-state index contributed by atoms with van der Waals surface area (Å²) in [6, 6.07) is 3.98. The van der Waals surface area contributed by atoms with Crippen LogP contribution in [0.15, 0.2) is 29.1 Å². The summed E-state index contributed by atoms with van der Waals surface area (Å²) < 4.78 is 0. The van der Waals surface area contributed by atoms with Crippen molar-refractivity contribution < 1.29 is 0 Å². The summed E-state index contributed by atoms with van der Waals surface area (Å²) in [6.07, 6.45) is 1.76. The largest absolute Gasteiger partial charge is 0.366 e. The second-order valence-electron chi connectivity index (χ2n) is 3.62. The van der Waals surface area contributed by atoms with Crippen molar-refractivity contribution in [2.75, 3.05) is 24.3 Å². The number of hydrogen-bond donors (Lipinski definition) is 1. The van der Waals surface area contributed by atoms with E-state index in [1.54, 1.807) is 17.5 Å². The van der Waals surface area contributed by atoms with Gasteiger partial charge < -0.3 is 10.2 Å². The van der Waals surface area contributed by atoms with E-state index in [0.29, 0.717) is 0 Å². The molecule has 0 unspecified atom stereocenters. The molecule has 0 saturated heterocycles. The molecule has 2 heterocycles. The van der Waals surface area contributed by atoms with Crippen molar-refractivity contribution in [1.82, 2.24) is 9.97 Å². The number of rotatable bonds is 4. The molecule has 0 aliphatic heterocycles. The van der Waals surface area contributed by atoms with Crippen LogP contribution in [0.5, 0.6) is 0 Å². The molecule has 4 nitrogen and oxygen atoms in total. The molecule has 1 N–H and O–H groups in total. The van der Waals surface area contributed by atoms with Crippen LogP contribution in [0, 0.1) is 0 Å². The van der Waals surface area contributed by atoms with Crippen LogP contribution in [-0.2, 0) is 6.54 Å². The molecule has 0 aliphatic carbocycles. The van der Waals surface area contributed by atoms with E-state index >= 15 is 0 Å². The van der Waals surface area contributed by atoms with Crippen LogP contribution >= 0.6 is 11.3 Å². The molecule has 2 aromatic heterocycles. The Morgan fingerprint density at radius 2 is 2.25 bits per heavy atom. The number of thiophene rings is 1. The van der Waals surface area contributed by atoms with Gasteiger partial charge in [-0.3, -0.25) is 0 Å². The molecular weight excluding hydrogens is 220 g/mol. The number of aromatic nitrogens is 2. The molecule has 0 spiro atoms. The maximum absolute atomic E-state index is 4.38. The van der Waals surface area contributed by atoms with Gasteiger partial charge in [-0.15, -0.1) is 0 Å². The van der Waals surface area contributed by atoms with Gasteiger partial charge in [0.05, 0.1) is 0 Å². The predicted octanol–water partition coefficient (Wildman–Crippen LogP) is 2.22. The summed E-state index contributed by atoms with van der Waals surface area (Å²) in [5.74, 6) is 1.57. The molecule has 0 atom stereocenters. The average Bonchev–Trinajstić information content (AvgIpc) is 2.79. The third-order valence-corrected chi connectivity index (χ3v) is 2.83. The van der Waals surface area contributed by atoms with Crippen LogP contribution in [0.2, 0.25) is 0 Å². The summed E-state index contributed by atoms with van der Waals surface area (Å²) in [7, 11) is 3.86. The first-order valence-electron chi connectivity index (χ1n) is 5.01. The second-order valence-corrected chi connectivity index (χ2v) is 4.40. The lowest BCUT2D eigenvalue weighted by molar-refractivity contribution is 0.988. The number of nitrogens with zero attached hydrogens (tertiary/aromatic N) is 3. The first-order valence-corrected chi connectivity index (χ1v) is 5.95. The SMILES string of the molecule is CN(C)c1nccc(NCc2ccsc2)n1. The first-order chi connectivity index (χ1) is 7.75. The third-order valence-electron chi connectivity index (χ3n) is 2.10. The highest BCUT2D eigenvalue weighted by molar-refractivity contribution is 7.07. The summed E-state index contributed by atoms with van der Waals surface area (Å²) in [6.45, 7) is 0.799. The molecule has 2 rings (SSSR count). The summed E-state index contributed by atoms with van der Waals surface area (Å²) >= 11 is 1.70. The molecule has 0 bridgehead atoms. The molecule has 5 heteroatoms. The van der Waals surface area contributed by atoms with Crippen LogP contribution in [0.3, 0.4) is 0 Å². The van der Waals surface area contributed by atoms with Crippen LogP contribution in [0.1, 0.15) is 5.56 Å². The van der Waals surface area contributed by atoms with Crippen molar-refractivity contribution in [3.8, 4) is 0 Å². The molecule has 0 saturated carbocycles. The number of hydrogen-bond acceptors (Lipinski definition) is 5. The average molecular weight is 234 g/mol. The van der Waals surface area contributed by atoms with E-state index in [0.717, 1.165) is 18.3 Å². The lowest BCUT2D eigenvalue weighted by atomic mass is 10.3. The minimum atomic E-state index is 0.718. The van der Waals surface area contributed by atoms with Gasteiger partial charge in [-0.1, -0.05) is 0 Å². The van der Waals surface area contributed by atoms with Gasteiger partial charge in [0.1, 0.15) is 5.82 Å². The van der Waals surface area contributed by atoms with Crippen molar-refractivity contribution in [3.63, 3.8) is 0 Å². The minimum absolute atomic E-state index is 0.718. The zero-order valence-corrected chi connectivity index (χ0v) is 10.2. The van der Waals surface area contributed by atoms with Crippen molar-refractivity contribution in [3.05, 3.63) is 34.7 Å². The maximum Gasteiger partial charge on any atom is 0.226 e. The molecule has 2 aromatic rings. The first kappa shape index (κ1) is 10.9. The molecule has 0 aliphatic rings. The summed E-state index contributed by atoms with van der Waals surface area (Å²) in [5, 5.41) is 7.47. The molecule has 0 amide bonds. The molecule has 0 radical (unpaired) electrons. The molecular formula is C11H14N4S. The molecule has 0 aromatic carbocycles. The second kappa shape index (κ2) is 4.94. The van der Waals surface area contributed by atoms with Crippen molar-refractivity contribution >= 4 is 23.1 Å². The Balaban J connectivity index is 2.01. The van der Waals surface area contributed by atoms with Crippen LogP contribution < -0.4 is 10.2 Å². The highest BCUT2D eigenvalue weighted by atomic mass is 32.1. The quantitative estimate of drug-likeness (QED) is 0.880. The Morgan fingerprint density at radius 1 is 1.38 bits per heavy atom. The fourth-order valence-electron chi connectivity index (χ4n) is 1.25. The normalized spacial score (nSPS) is 10.1. The smallest absolute Gasteiger partial charge is 0.226 e. The topological polar surface area (TPSA) is 41.1 Å². The Bertz CT molecular complexity index is 439. The van der Waals surface area contributed by atoms with Gasteiger partial charge in [0, 0.05) is 26.8 Å². The van der Waals surface area contributed by atoms with E-state index in [9.17, 15) is 0 Å². The zero-order chi connectivity index (χ0) is 11.4. The highest BCUT2D eigenvalue weighted by Crippen LogP contribution is 2.11. The van der Waals surface area contributed by atoms with Crippen molar-refractivity contribution in [1.29, 1.82) is 0 Å². The molecule has 84 valence electrons. The Kier molecular flexibility index (Phi) is 3.36. The number of nitrogens with one attached hydrogen (secondary N) is 1. The van der Waals surface area contributed by atoms with Crippen molar-refractivity contribution in [2.45, 2.75) is 6.54 Å². The van der Waals surface area contributed by atoms with Gasteiger partial charge in [0.2, 0.25) is 5.95 Å². The third kappa shape index (κ3) is 2.70. The van der Waals surface area contributed by atoms with E-state index < -0.39 is 0 Å². The highest BCUT2D eigenvalue weighted by Gasteiger charge is 2.00.